The third-order valence-corrected chi connectivity index (χ3v) is 1.98. The third-order valence-electron chi connectivity index (χ3n) is 1.79. The molecule has 0 spiro atoms. The number of morpholine rings is 1. The lowest BCUT2D eigenvalue weighted by molar-refractivity contribution is -0.156. The number of nitrogens with zero attached hydrogens (tertiary/aromatic N) is 1. The van der Waals surface area contributed by atoms with Crippen molar-refractivity contribution >= 4 is 11.6 Å². The van der Waals surface area contributed by atoms with Gasteiger partial charge in [-0.25, -0.2) is 9.29 Å². The van der Waals surface area contributed by atoms with Crippen LogP contribution in [0.2, 0.25) is 0 Å². The summed E-state index contributed by atoms with van der Waals surface area (Å²) in [5.41, 5.74) is 0.259. The minimum Gasteiger partial charge on any atom is -0.379 e. The molecule has 2 nitrogen and oxygen atoms in total. The highest BCUT2D eigenvalue weighted by Crippen LogP contribution is 2.30. The van der Waals surface area contributed by atoms with Crippen molar-refractivity contribution in [2.75, 3.05) is 26.3 Å². The quantitative estimate of drug-likeness (QED) is 0.653. The first kappa shape index (κ1) is 10.8. The van der Waals surface area contributed by atoms with E-state index in [1.54, 1.807) is 0 Å². The molecule has 0 aromatic rings. The number of ether oxygens (including phenoxy) is 1. The predicted molar refractivity (Wildman–Crippen MR) is 42.4 cm³/mol. The van der Waals surface area contributed by atoms with Crippen LogP contribution in [0.15, 0.2) is 11.4 Å². The Labute approximate surface area is 78.9 Å². The normalized spacial score (nSPS) is 22.0. The molecule has 1 heterocycles. The highest BCUT2D eigenvalue weighted by molar-refractivity contribution is 6.25. The molecule has 76 valence electrons. The molecule has 0 aromatic carbocycles. The first-order chi connectivity index (χ1) is 6.09. The van der Waals surface area contributed by atoms with Crippen molar-refractivity contribution in [3.63, 3.8) is 0 Å². The van der Waals surface area contributed by atoms with Crippen molar-refractivity contribution in [2.24, 2.45) is 0 Å². The van der Waals surface area contributed by atoms with E-state index in [0.29, 0.717) is 4.90 Å². The van der Waals surface area contributed by atoms with Crippen molar-refractivity contribution < 1.29 is 17.9 Å². The number of hydrogen-bond donors (Lipinski definition) is 0. The molecule has 0 atom stereocenters. The second kappa shape index (κ2) is 4.30. The molecule has 1 rings (SSSR count). The Morgan fingerprint density at radius 2 is 1.92 bits per heavy atom. The van der Waals surface area contributed by atoms with Gasteiger partial charge in [0.05, 0.1) is 13.2 Å². The molecule has 0 bridgehead atoms. The summed E-state index contributed by atoms with van der Waals surface area (Å²) in [4.78, 5) is 0.699. The molecular weight excluding hydrogens is 207 g/mol. The van der Waals surface area contributed by atoms with Gasteiger partial charge >= 0.3 is 6.05 Å². The fourth-order valence-electron chi connectivity index (χ4n) is 1.06. The topological polar surface area (TPSA) is 12.5 Å². The highest BCUT2D eigenvalue weighted by Gasteiger charge is 2.42. The second-order valence-corrected chi connectivity index (χ2v) is 2.82. The standard InChI is InChI=1S/C7H9ClF3NO/c8-5-6(9)7(10,11)12-1-3-13-4-2-12/h5H,1-4H2/b6-5-. The molecule has 1 aliphatic rings. The smallest absolute Gasteiger partial charge is 0.358 e. The van der Waals surface area contributed by atoms with Crippen molar-refractivity contribution in [3.05, 3.63) is 11.4 Å². The van der Waals surface area contributed by atoms with Gasteiger partial charge in [0.25, 0.3) is 0 Å². The van der Waals surface area contributed by atoms with E-state index in [4.69, 9.17) is 16.3 Å². The van der Waals surface area contributed by atoms with Crippen LogP contribution in [0.1, 0.15) is 0 Å². The summed E-state index contributed by atoms with van der Waals surface area (Å²) in [6.07, 6.45) is 0. The summed E-state index contributed by atoms with van der Waals surface area (Å²) in [6, 6.07) is -3.61. The van der Waals surface area contributed by atoms with Crippen LogP contribution in [-0.4, -0.2) is 37.2 Å². The van der Waals surface area contributed by atoms with Gasteiger partial charge in [-0.3, -0.25) is 0 Å². The Morgan fingerprint density at radius 3 is 2.38 bits per heavy atom. The summed E-state index contributed by atoms with van der Waals surface area (Å²) < 4.78 is 43.5. The SMILES string of the molecule is F/C(=C\Cl)C(F)(F)N1CCOCC1. The van der Waals surface area contributed by atoms with Crippen LogP contribution in [0.5, 0.6) is 0 Å². The third kappa shape index (κ3) is 2.36. The maximum absolute atomic E-state index is 13.0. The van der Waals surface area contributed by atoms with Gasteiger partial charge in [-0.15, -0.1) is 0 Å². The Morgan fingerprint density at radius 1 is 1.38 bits per heavy atom. The van der Waals surface area contributed by atoms with Gasteiger partial charge in [0, 0.05) is 18.6 Å². The molecule has 0 amide bonds. The minimum absolute atomic E-state index is 0.00511. The summed E-state index contributed by atoms with van der Waals surface area (Å²) in [6.45, 7) is 0.382. The molecule has 0 aromatic heterocycles. The lowest BCUT2D eigenvalue weighted by Gasteiger charge is -2.32. The van der Waals surface area contributed by atoms with Gasteiger partial charge in [-0.05, 0) is 0 Å². The van der Waals surface area contributed by atoms with Crippen molar-refractivity contribution in [1.82, 2.24) is 4.90 Å². The number of alkyl halides is 2. The van der Waals surface area contributed by atoms with E-state index in [1.807, 2.05) is 0 Å². The van der Waals surface area contributed by atoms with Crippen molar-refractivity contribution in [3.8, 4) is 0 Å². The zero-order valence-corrected chi connectivity index (χ0v) is 7.53. The van der Waals surface area contributed by atoms with Crippen LogP contribution in [0.3, 0.4) is 0 Å². The lowest BCUT2D eigenvalue weighted by atomic mass is 10.3. The summed E-state index contributed by atoms with van der Waals surface area (Å²) in [5.74, 6) is -1.63. The van der Waals surface area contributed by atoms with Crippen LogP contribution in [0, 0.1) is 0 Å². The first-order valence-electron chi connectivity index (χ1n) is 3.76. The highest BCUT2D eigenvalue weighted by atomic mass is 35.5. The number of hydrogen-bond acceptors (Lipinski definition) is 2. The lowest BCUT2D eigenvalue weighted by Crippen LogP contribution is -2.48. The van der Waals surface area contributed by atoms with Crippen molar-refractivity contribution in [1.29, 1.82) is 0 Å². The summed E-state index contributed by atoms with van der Waals surface area (Å²) in [7, 11) is 0. The monoisotopic (exact) mass is 215 g/mol. The number of rotatable bonds is 2. The van der Waals surface area contributed by atoms with Crippen LogP contribution in [0.4, 0.5) is 13.2 Å². The Kier molecular flexibility index (Phi) is 3.58. The Bertz CT molecular complexity index is 204. The van der Waals surface area contributed by atoms with E-state index in [2.05, 4.69) is 0 Å². The van der Waals surface area contributed by atoms with Crippen LogP contribution < -0.4 is 0 Å². The van der Waals surface area contributed by atoms with Crippen LogP contribution in [0.25, 0.3) is 0 Å². The van der Waals surface area contributed by atoms with E-state index in [0.717, 1.165) is 0 Å². The average Bonchev–Trinajstić information content (AvgIpc) is 2.18. The van der Waals surface area contributed by atoms with Gasteiger partial charge in [0.2, 0.25) is 0 Å². The average molecular weight is 216 g/mol. The predicted octanol–water partition coefficient (Wildman–Crippen LogP) is 1.96. The molecule has 6 heteroatoms. The first-order valence-corrected chi connectivity index (χ1v) is 4.19. The molecule has 1 fully saturated rings. The van der Waals surface area contributed by atoms with Gasteiger partial charge in [-0.1, -0.05) is 11.6 Å². The van der Waals surface area contributed by atoms with Crippen LogP contribution >= 0.6 is 11.6 Å². The van der Waals surface area contributed by atoms with E-state index >= 15 is 0 Å². The van der Waals surface area contributed by atoms with Crippen LogP contribution in [-0.2, 0) is 4.74 Å². The molecule has 0 saturated carbocycles. The van der Waals surface area contributed by atoms with Gasteiger partial charge in [-0.2, -0.15) is 8.78 Å². The second-order valence-electron chi connectivity index (χ2n) is 2.60. The maximum atomic E-state index is 13.0. The number of halogens is 4. The Hall–Kier alpha value is -0.260. The zero-order valence-electron chi connectivity index (χ0n) is 6.77. The Balaban J connectivity index is 2.66. The van der Waals surface area contributed by atoms with E-state index in [1.165, 1.54) is 0 Å². The zero-order chi connectivity index (χ0) is 9.90. The molecule has 0 N–H and O–H groups in total. The molecule has 13 heavy (non-hydrogen) atoms. The fraction of sp³-hybridized carbons (Fsp3) is 0.714. The fourth-order valence-corrected chi connectivity index (χ4v) is 1.19. The van der Waals surface area contributed by atoms with Gasteiger partial charge in [0.15, 0.2) is 5.83 Å². The van der Waals surface area contributed by atoms with E-state index in [9.17, 15) is 13.2 Å². The molecule has 1 aliphatic heterocycles. The minimum atomic E-state index is -3.61. The molecule has 1 saturated heterocycles. The van der Waals surface area contributed by atoms with Crippen molar-refractivity contribution in [2.45, 2.75) is 6.05 Å². The van der Waals surface area contributed by atoms with E-state index in [-0.39, 0.29) is 31.8 Å². The molecular formula is C7H9ClF3NO. The molecule has 0 unspecified atom stereocenters. The largest absolute Gasteiger partial charge is 0.379 e. The molecule has 0 radical (unpaired) electrons. The van der Waals surface area contributed by atoms with Gasteiger partial charge in [0.1, 0.15) is 0 Å². The maximum Gasteiger partial charge on any atom is 0.358 e. The van der Waals surface area contributed by atoms with E-state index < -0.39 is 11.9 Å². The summed E-state index contributed by atoms with van der Waals surface area (Å²) in [5, 5.41) is 0. The summed E-state index contributed by atoms with van der Waals surface area (Å²) >= 11 is 4.88. The van der Waals surface area contributed by atoms with Gasteiger partial charge < -0.3 is 4.74 Å². The molecule has 0 aliphatic carbocycles.